The van der Waals surface area contributed by atoms with Crippen LogP contribution in [0.15, 0.2) is 48.5 Å². The number of para-hydroxylation sites is 2. The number of hydrogen-bond donors (Lipinski definition) is 0. The van der Waals surface area contributed by atoms with Crippen molar-refractivity contribution in [1.82, 2.24) is 0 Å². The van der Waals surface area contributed by atoms with Crippen molar-refractivity contribution < 1.29 is 9.47 Å². The van der Waals surface area contributed by atoms with Crippen LogP contribution in [0.4, 0.5) is 0 Å². The lowest BCUT2D eigenvalue weighted by atomic mass is 9.94. The molecule has 2 aromatic rings. The Bertz CT molecular complexity index is 639. The van der Waals surface area contributed by atoms with Gasteiger partial charge in [0.1, 0.15) is 22.7 Å². The van der Waals surface area contributed by atoms with Gasteiger partial charge in [0.05, 0.1) is 0 Å². The summed E-state index contributed by atoms with van der Waals surface area (Å²) in [5.41, 5.74) is 2.73. The first-order valence-electron chi connectivity index (χ1n) is 8.89. The molecule has 0 saturated heterocycles. The fourth-order valence-electron chi connectivity index (χ4n) is 3.19. The van der Waals surface area contributed by atoms with Crippen molar-refractivity contribution in [2.45, 2.75) is 64.6 Å². The lowest BCUT2D eigenvalue weighted by Crippen LogP contribution is -2.32. The van der Waals surface area contributed by atoms with Crippen LogP contribution >= 0.6 is 0 Å². The second-order valence-electron chi connectivity index (χ2n) is 7.94. The van der Waals surface area contributed by atoms with Crippen LogP contribution in [0.2, 0.25) is 0 Å². The second-order valence-corrected chi connectivity index (χ2v) is 7.94. The van der Waals surface area contributed by atoms with E-state index < -0.39 is 0 Å². The lowest BCUT2D eigenvalue weighted by Gasteiger charge is -2.32. The summed E-state index contributed by atoms with van der Waals surface area (Å²) < 4.78 is 11.6. The molecule has 0 fully saturated rings. The van der Waals surface area contributed by atoms with Crippen molar-refractivity contribution in [3.8, 4) is 11.5 Å². The Morgan fingerprint density at radius 1 is 0.625 bits per heavy atom. The molecule has 0 aromatic heterocycles. The van der Waals surface area contributed by atoms with Crippen molar-refractivity contribution in [3.63, 3.8) is 0 Å². The summed E-state index contributed by atoms with van der Waals surface area (Å²) in [7, 11) is 0. The topological polar surface area (TPSA) is 18.5 Å². The average molecular weight is 324 g/mol. The summed E-state index contributed by atoms with van der Waals surface area (Å²) in [5, 5.41) is 0. The van der Waals surface area contributed by atoms with Gasteiger partial charge in [-0.3, -0.25) is 0 Å². The molecule has 0 saturated carbocycles. The van der Waals surface area contributed by atoms with E-state index in [1.807, 2.05) is 12.1 Å². The fourth-order valence-corrected chi connectivity index (χ4v) is 3.19. The van der Waals surface area contributed by atoms with E-state index in [1.165, 1.54) is 11.1 Å². The van der Waals surface area contributed by atoms with Gasteiger partial charge in [-0.15, -0.1) is 0 Å². The molecule has 2 nitrogen and oxygen atoms in total. The van der Waals surface area contributed by atoms with E-state index in [-0.39, 0.29) is 11.2 Å². The van der Waals surface area contributed by atoms with E-state index in [0.717, 1.165) is 37.2 Å². The molecule has 0 amide bonds. The zero-order chi connectivity index (χ0) is 17.2. The highest BCUT2D eigenvalue weighted by molar-refractivity contribution is 5.36. The van der Waals surface area contributed by atoms with Crippen molar-refractivity contribution in [2.75, 3.05) is 0 Å². The van der Waals surface area contributed by atoms with E-state index in [1.54, 1.807) is 0 Å². The predicted octanol–water partition coefficient (Wildman–Crippen LogP) is 5.58. The smallest absolute Gasteiger partial charge is 0.123 e. The van der Waals surface area contributed by atoms with Gasteiger partial charge in [-0.1, -0.05) is 36.4 Å². The van der Waals surface area contributed by atoms with Gasteiger partial charge in [-0.05, 0) is 76.6 Å². The SMILES string of the molecule is CC1(C)CCc2ccccc2O1.CC1(C)CCc2ccccc2O1. The molecule has 0 N–H and O–H groups in total. The minimum atomic E-state index is 0.0222. The van der Waals surface area contributed by atoms with Crippen LogP contribution in [0.25, 0.3) is 0 Å². The Morgan fingerprint density at radius 3 is 1.42 bits per heavy atom. The highest BCUT2D eigenvalue weighted by atomic mass is 16.5. The van der Waals surface area contributed by atoms with Gasteiger partial charge in [0.2, 0.25) is 0 Å². The zero-order valence-electron chi connectivity index (χ0n) is 15.3. The summed E-state index contributed by atoms with van der Waals surface area (Å²) in [6.07, 6.45) is 4.51. The number of rotatable bonds is 0. The molecule has 2 aliphatic heterocycles. The molecule has 128 valence electrons. The first-order chi connectivity index (χ1) is 11.3. The summed E-state index contributed by atoms with van der Waals surface area (Å²) >= 11 is 0. The first kappa shape index (κ1) is 16.9. The second kappa shape index (κ2) is 6.51. The third-order valence-corrected chi connectivity index (χ3v) is 4.71. The van der Waals surface area contributed by atoms with Gasteiger partial charge < -0.3 is 9.47 Å². The number of aryl methyl sites for hydroxylation is 2. The minimum Gasteiger partial charge on any atom is -0.488 e. The van der Waals surface area contributed by atoms with E-state index in [9.17, 15) is 0 Å². The Morgan fingerprint density at radius 2 is 1.00 bits per heavy atom. The lowest BCUT2D eigenvalue weighted by molar-refractivity contribution is 0.0843. The standard InChI is InChI=1S/2C11H14O/c2*1-11(2)8-7-9-5-3-4-6-10(9)12-11/h2*3-6H,7-8H2,1-2H3. The molecule has 2 aromatic carbocycles. The maximum atomic E-state index is 5.82. The number of hydrogen-bond acceptors (Lipinski definition) is 2. The third kappa shape index (κ3) is 4.11. The normalized spacial score (nSPS) is 19.5. The third-order valence-electron chi connectivity index (χ3n) is 4.71. The molecular weight excluding hydrogens is 296 g/mol. The van der Waals surface area contributed by atoms with Crippen molar-refractivity contribution >= 4 is 0 Å². The van der Waals surface area contributed by atoms with Crippen LogP contribution < -0.4 is 9.47 Å². The highest BCUT2D eigenvalue weighted by Gasteiger charge is 2.26. The molecule has 0 bridgehead atoms. The van der Waals surface area contributed by atoms with Crippen LogP contribution in [-0.4, -0.2) is 11.2 Å². The molecule has 0 spiro atoms. The number of fused-ring (bicyclic) bond motifs is 2. The molecule has 0 radical (unpaired) electrons. The van der Waals surface area contributed by atoms with Crippen LogP contribution in [0.5, 0.6) is 11.5 Å². The van der Waals surface area contributed by atoms with Crippen LogP contribution in [-0.2, 0) is 12.8 Å². The van der Waals surface area contributed by atoms with Gasteiger partial charge in [0, 0.05) is 0 Å². The summed E-state index contributed by atoms with van der Waals surface area (Å²) in [6, 6.07) is 16.6. The molecule has 0 aliphatic carbocycles. The molecule has 24 heavy (non-hydrogen) atoms. The largest absolute Gasteiger partial charge is 0.488 e. The summed E-state index contributed by atoms with van der Waals surface area (Å²) in [4.78, 5) is 0. The Hall–Kier alpha value is -1.96. The van der Waals surface area contributed by atoms with Crippen molar-refractivity contribution in [1.29, 1.82) is 0 Å². The van der Waals surface area contributed by atoms with Crippen LogP contribution in [0.1, 0.15) is 51.7 Å². The maximum Gasteiger partial charge on any atom is 0.123 e. The molecule has 0 atom stereocenters. The Balaban J connectivity index is 0.000000141. The van der Waals surface area contributed by atoms with E-state index in [0.29, 0.717) is 0 Å². The van der Waals surface area contributed by atoms with E-state index in [4.69, 9.17) is 9.47 Å². The molecule has 0 unspecified atom stereocenters. The molecular formula is C22H28O2. The number of benzene rings is 2. The maximum absolute atomic E-state index is 5.82. The Kier molecular flexibility index (Phi) is 4.58. The van der Waals surface area contributed by atoms with E-state index >= 15 is 0 Å². The summed E-state index contributed by atoms with van der Waals surface area (Å²) in [6.45, 7) is 8.57. The van der Waals surface area contributed by atoms with Crippen molar-refractivity contribution in [3.05, 3.63) is 59.7 Å². The van der Waals surface area contributed by atoms with Gasteiger partial charge in [0.15, 0.2) is 0 Å². The van der Waals surface area contributed by atoms with Gasteiger partial charge >= 0.3 is 0 Å². The van der Waals surface area contributed by atoms with Gasteiger partial charge in [-0.2, -0.15) is 0 Å². The number of ether oxygens (including phenoxy) is 2. The van der Waals surface area contributed by atoms with E-state index in [2.05, 4.69) is 64.1 Å². The molecule has 2 heterocycles. The molecule has 2 heteroatoms. The van der Waals surface area contributed by atoms with Crippen LogP contribution in [0.3, 0.4) is 0 Å². The zero-order valence-corrected chi connectivity index (χ0v) is 15.3. The molecule has 4 rings (SSSR count). The summed E-state index contributed by atoms with van der Waals surface area (Å²) in [5.74, 6) is 2.13. The highest BCUT2D eigenvalue weighted by Crippen LogP contribution is 2.33. The fraction of sp³-hybridized carbons (Fsp3) is 0.455. The predicted molar refractivity (Wildman–Crippen MR) is 98.9 cm³/mol. The minimum absolute atomic E-state index is 0.0222. The van der Waals surface area contributed by atoms with Crippen LogP contribution in [0, 0.1) is 0 Å². The average Bonchev–Trinajstić information content (AvgIpc) is 2.53. The molecule has 2 aliphatic rings. The van der Waals surface area contributed by atoms with Gasteiger partial charge in [-0.25, -0.2) is 0 Å². The van der Waals surface area contributed by atoms with Crippen molar-refractivity contribution in [2.24, 2.45) is 0 Å². The monoisotopic (exact) mass is 324 g/mol. The Labute approximate surface area is 145 Å². The first-order valence-corrected chi connectivity index (χ1v) is 8.89. The van der Waals surface area contributed by atoms with Gasteiger partial charge in [0.25, 0.3) is 0 Å². The quantitative estimate of drug-likeness (QED) is 0.630.